The van der Waals surface area contributed by atoms with Gasteiger partial charge in [-0.25, -0.2) is 4.90 Å². The van der Waals surface area contributed by atoms with Gasteiger partial charge in [0.2, 0.25) is 6.79 Å². The molecule has 0 aliphatic carbocycles. The van der Waals surface area contributed by atoms with Crippen LogP contribution in [0.4, 0.5) is 11.4 Å². The van der Waals surface area contributed by atoms with Crippen LogP contribution in [0.5, 0.6) is 11.5 Å². The van der Waals surface area contributed by atoms with Crippen LogP contribution < -0.4 is 19.7 Å². The molecule has 0 saturated heterocycles. The molecule has 0 radical (unpaired) electrons. The van der Waals surface area contributed by atoms with Crippen molar-refractivity contribution in [2.75, 3.05) is 17.0 Å². The number of nitrogens with one attached hydrogen (secondary N) is 1. The van der Waals surface area contributed by atoms with E-state index in [-0.39, 0.29) is 24.3 Å². The van der Waals surface area contributed by atoms with E-state index in [2.05, 4.69) is 5.32 Å². The first-order valence-electron chi connectivity index (χ1n) is 9.03. The Hall–Kier alpha value is -3.58. The highest BCUT2D eigenvalue weighted by atomic mass is 32.1. The first-order valence-corrected chi connectivity index (χ1v) is 9.90. The molecule has 2 aromatic carbocycles. The predicted octanol–water partition coefficient (Wildman–Crippen LogP) is 4.18. The number of ether oxygens (including phenoxy) is 2. The Morgan fingerprint density at radius 1 is 0.966 bits per heavy atom. The lowest BCUT2D eigenvalue weighted by Crippen LogP contribution is -2.32. The number of benzene rings is 2. The van der Waals surface area contributed by atoms with Crippen LogP contribution in [0.3, 0.4) is 0 Å². The number of carbonyl (C=O) groups excluding carboxylic acids is 2. The van der Waals surface area contributed by atoms with Crippen molar-refractivity contribution in [2.45, 2.75) is 6.92 Å². The summed E-state index contributed by atoms with van der Waals surface area (Å²) in [6.07, 6.45) is 0. The van der Waals surface area contributed by atoms with E-state index < -0.39 is 0 Å². The van der Waals surface area contributed by atoms with E-state index in [0.717, 1.165) is 10.4 Å². The maximum absolute atomic E-state index is 13.3. The number of carbonyl (C=O) groups is 2. The molecule has 3 aromatic rings. The number of thiophene rings is 1. The number of rotatable bonds is 4. The van der Waals surface area contributed by atoms with E-state index in [4.69, 9.17) is 9.47 Å². The molecule has 0 saturated carbocycles. The monoisotopic (exact) mass is 404 g/mol. The summed E-state index contributed by atoms with van der Waals surface area (Å²) in [7, 11) is 0. The fraction of sp³-hybridized carbons (Fsp3) is 0.0909. The quantitative estimate of drug-likeness (QED) is 0.661. The zero-order valence-electron chi connectivity index (χ0n) is 15.5. The van der Waals surface area contributed by atoms with Gasteiger partial charge in [0.15, 0.2) is 11.5 Å². The van der Waals surface area contributed by atoms with Crippen LogP contribution in [-0.4, -0.2) is 18.6 Å². The number of nitrogens with zero attached hydrogens (tertiary/aromatic N) is 1. The molecular formula is C22H16N2O4S. The van der Waals surface area contributed by atoms with Crippen molar-refractivity contribution in [1.82, 2.24) is 0 Å². The number of fused-ring (bicyclic) bond motifs is 1. The van der Waals surface area contributed by atoms with Crippen molar-refractivity contribution in [3.05, 3.63) is 76.1 Å². The molecule has 1 aromatic heterocycles. The second kappa shape index (κ2) is 6.79. The minimum absolute atomic E-state index is 0.167. The molecule has 2 aliphatic rings. The molecule has 0 atom stereocenters. The number of anilines is 2. The first kappa shape index (κ1) is 17.5. The Bertz CT molecular complexity index is 1170. The normalized spacial score (nSPS) is 15.4. The van der Waals surface area contributed by atoms with Gasteiger partial charge in [0.1, 0.15) is 5.70 Å². The molecule has 2 aliphatic heterocycles. The molecule has 0 fully saturated rings. The van der Waals surface area contributed by atoms with Gasteiger partial charge in [-0.05, 0) is 42.1 Å². The summed E-state index contributed by atoms with van der Waals surface area (Å²) in [5.41, 5.74) is 2.69. The van der Waals surface area contributed by atoms with Crippen LogP contribution in [0.2, 0.25) is 0 Å². The lowest BCUT2D eigenvalue weighted by Gasteiger charge is -2.17. The Kier molecular flexibility index (Phi) is 4.10. The molecule has 0 bridgehead atoms. The van der Waals surface area contributed by atoms with Gasteiger partial charge < -0.3 is 14.8 Å². The highest BCUT2D eigenvalue weighted by molar-refractivity contribution is 7.11. The summed E-state index contributed by atoms with van der Waals surface area (Å²) in [5.74, 6) is 0.527. The SMILES string of the molecule is Cc1ccccc1N1C(=O)C(Nc2ccc3c(c2)OCO3)=C(c2cccs2)C1=O. The molecule has 0 unspecified atom stereocenters. The van der Waals surface area contributed by atoms with Crippen LogP contribution in [-0.2, 0) is 9.59 Å². The van der Waals surface area contributed by atoms with Crippen LogP contribution in [0.1, 0.15) is 10.4 Å². The number of imide groups is 1. The molecule has 6 nitrogen and oxygen atoms in total. The van der Waals surface area contributed by atoms with Gasteiger partial charge in [0.25, 0.3) is 11.8 Å². The minimum Gasteiger partial charge on any atom is -0.454 e. The third-order valence-electron chi connectivity index (χ3n) is 4.85. The summed E-state index contributed by atoms with van der Waals surface area (Å²) in [6, 6.07) is 16.4. The molecule has 29 heavy (non-hydrogen) atoms. The Morgan fingerprint density at radius 3 is 2.59 bits per heavy atom. The number of hydrogen-bond donors (Lipinski definition) is 1. The van der Waals surface area contributed by atoms with Gasteiger partial charge in [-0.2, -0.15) is 0 Å². The van der Waals surface area contributed by atoms with E-state index >= 15 is 0 Å². The zero-order chi connectivity index (χ0) is 20.0. The van der Waals surface area contributed by atoms with E-state index in [1.54, 1.807) is 24.3 Å². The summed E-state index contributed by atoms with van der Waals surface area (Å²) in [6.45, 7) is 2.05. The van der Waals surface area contributed by atoms with E-state index in [1.165, 1.54) is 16.2 Å². The highest BCUT2D eigenvalue weighted by Crippen LogP contribution is 2.38. The van der Waals surface area contributed by atoms with Crippen LogP contribution in [0.25, 0.3) is 5.57 Å². The van der Waals surface area contributed by atoms with Gasteiger partial charge >= 0.3 is 0 Å². The number of aryl methyl sites for hydroxylation is 1. The van der Waals surface area contributed by atoms with Gasteiger partial charge in [-0.3, -0.25) is 9.59 Å². The Balaban J connectivity index is 1.59. The second-order valence-electron chi connectivity index (χ2n) is 6.65. The van der Waals surface area contributed by atoms with Gasteiger partial charge in [0, 0.05) is 16.6 Å². The Labute approximate surface area is 171 Å². The average molecular weight is 404 g/mol. The molecule has 5 rings (SSSR count). The van der Waals surface area contributed by atoms with Crippen LogP contribution in [0, 0.1) is 6.92 Å². The summed E-state index contributed by atoms with van der Waals surface area (Å²) >= 11 is 1.42. The van der Waals surface area contributed by atoms with E-state index in [1.807, 2.05) is 42.6 Å². The maximum atomic E-state index is 13.3. The number of para-hydroxylation sites is 1. The fourth-order valence-corrected chi connectivity index (χ4v) is 4.21. The fourth-order valence-electron chi connectivity index (χ4n) is 3.45. The minimum atomic E-state index is -0.384. The van der Waals surface area contributed by atoms with Crippen molar-refractivity contribution in [1.29, 1.82) is 0 Å². The van der Waals surface area contributed by atoms with Crippen molar-refractivity contribution in [3.8, 4) is 11.5 Å². The molecule has 2 amide bonds. The molecule has 1 N–H and O–H groups in total. The third-order valence-corrected chi connectivity index (χ3v) is 5.74. The van der Waals surface area contributed by atoms with E-state index in [9.17, 15) is 9.59 Å². The molecule has 7 heteroatoms. The molecule has 144 valence electrons. The van der Waals surface area contributed by atoms with Gasteiger partial charge in [-0.15, -0.1) is 11.3 Å². The molecular weight excluding hydrogens is 388 g/mol. The second-order valence-corrected chi connectivity index (χ2v) is 7.60. The zero-order valence-corrected chi connectivity index (χ0v) is 16.3. The van der Waals surface area contributed by atoms with Crippen molar-refractivity contribution in [2.24, 2.45) is 0 Å². The van der Waals surface area contributed by atoms with E-state index in [0.29, 0.717) is 28.4 Å². The maximum Gasteiger partial charge on any atom is 0.282 e. The van der Waals surface area contributed by atoms with Crippen molar-refractivity contribution >= 4 is 40.1 Å². The summed E-state index contributed by atoms with van der Waals surface area (Å²) in [5, 5.41) is 5.03. The van der Waals surface area contributed by atoms with Gasteiger partial charge in [-0.1, -0.05) is 24.3 Å². The topological polar surface area (TPSA) is 67.9 Å². The lowest BCUT2D eigenvalue weighted by atomic mass is 10.1. The Morgan fingerprint density at radius 2 is 1.79 bits per heavy atom. The average Bonchev–Trinajstić information content (AvgIpc) is 3.44. The highest BCUT2D eigenvalue weighted by Gasteiger charge is 2.41. The number of amides is 2. The predicted molar refractivity (Wildman–Crippen MR) is 111 cm³/mol. The van der Waals surface area contributed by atoms with Crippen molar-refractivity contribution in [3.63, 3.8) is 0 Å². The summed E-state index contributed by atoms with van der Waals surface area (Å²) < 4.78 is 10.8. The van der Waals surface area contributed by atoms with Crippen LogP contribution >= 0.6 is 11.3 Å². The lowest BCUT2D eigenvalue weighted by molar-refractivity contribution is -0.120. The third kappa shape index (κ3) is 2.87. The number of hydrogen-bond acceptors (Lipinski definition) is 6. The van der Waals surface area contributed by atoms with Crippen molar-refractivity contribution < 1.29 is 19.1 Å². The standard InChI is InChI=1S/C22H16N2O4S/c1-13-5-2-3-6-15(13)24-21(25)19(18-7-4-10-29-18)20(22(24)26)23-14-8-9-16-17(11-14)28-12-27-16/h2-11,23H,12H2,1H3. The first-order chi connectivity index (χ1) is 14.1. The molecule has 3 heterocycles. The molecule has 0 spiro atoms. The van der Waals surface area contributed by atoms with Crippen LogP contribution in [0.15, 0.2) is 65.7 Å². The smallest absolute Gasteiger partial charge is 0.282 e. The largest absolute Gasteiger partial charge is 0.454 e. The van der Waals surface area contributed by atoms with Gasteiger partial charge in [0.05, 0.1) is 11.3 Å². The summed E-state index contributed by atoms with van der Waals surface area (Å²) in [4.78, 5) is 28.6.